The second-order valence-corrected chi connectivity index (χ2v) is 5.30. The Bertz CT molecular complexity index is 264. The van der Waals surface area contributed by atoms with Crippen molar-refractivity contribution in [1.82, 2.24) is 5.32 Å². The van der Waals surface area contributed by atoms with E-state index in [2.05, 4.69) is 5.32 Å². The van der Waals surface area contributed by atoms with Crippen LogP contribution in [0.4, 0.5) is 0 Å². The molecular weight excluding hydrogens is 226 g/mol. The van der Waals surface area contributed by atoms with Gasteiger partial charge in [-0.2, -0.15) is 11.8 Å². The molecule has 4 nitrogen and oxygen atoms in total. The van der Waals surface area contributed by atoms with Crippen LogP contribution in [0.15, 0.2) is 0 Å². The lowest BCUT2D eigenvalue weighted by atomic mass is 9.66. The average Bonchev–Trinajstić information content (AvgIpc) is 2.18. The van der Waals surface area contributed by atoms with Crippen molar-refractivity contribution in [3.8, 4) is 0 Å². The lowest BCUT2D eigenvalue weighted by Gasteiger charge is -2.36. The van der Waals surface area contributed by atoms with Crippen molar-refractivity contribution < 1.29 is 14.7 Å². The Morgan fingerprint density at radius 2 is 2.12 bits per heavy atom. The zero-order valence-corrected chi connectivity index (χ0v) is 10.4. The average molecular weight is 245 g/mol. The summed E-state index contributed by atoms with van der Waals surface area (Å²) >= 11 is 1.74. The highest BCUT2D eigenvalue weighted by atomic mass is 32.2. The van der Waals surface area contributed by atoms with Crippen LogP contribution in [0.5, 0.6) is 0 Å². The van der Waals surface area contributed by atoms with Crippen LogP contribution >= 0.6 is 11.8 Å². The Hall–Kier alpha value is -0.710. The lowest BCUT2D eigenvalue weighted by molar-refractivity contribution is -0.157. The van der Waals surface area contributed by atoms with E-state index in [4.69, 9.17) is 5.11 Å². The molecule has 1 fully saturated rings. The van der Waals surface area contributed by atoms with E-state index in [9.17, 15) is 9.59 Å². The van der Waals surface area contributed by atoms with Crippen molar-refractivity contribution in [2.45, 2.75) is 32.1 Å². The van der Waals surface area contributed by atoms with Gasteiger partial charge in [-0.3, -0.25) is 9.59 Å². The van der Waals surface area contributed by atoms with Crippen molar-refractivity contribution in [2.24, 2.45) is 5.41 Å². The molecule has 16 heavy (non-hydrogen) atoms. The maximum atomic E-state index is 11.5. The summed E-state index contributed by atoms with van der Waals surface area (Å²) in [4.78, 5) is 22.6. The van der Waals surface area contributed by atoms with Crippen LogP contribution in [0.3, 0.4) is 0 Å². The van der Waals surface area contributed by atoms with Gasteiger partial charge in [-0.25, -0.2) is 0 Å². The second kappa shape index (κ2) is 6.13. The molecule has 0 heterocycles. The molecule has 1 rings (SSSR count). The second-order valence-electron chi connectivity index (χ2n) is 4.31. The first kappa shape index (κ1) is 13.4. The number of aliphatic carboxylic acids is 1. The predicted octanol–water partition coefficient (Wildman–Crippen LogP) is 1.50. The fourth-order valence-electron chi connectivity index (χ4n) is 1.88. The quantitative estimate of drug-likeness (QED) is 0.667. The highest BCUT2D eigenvalue weighted by molar-refractivity contribution is 7.98. The number of nitrogens with one attached hydrogen (secondary N) is 1. The number of thioether (sulfide) groups is 1. The monoisotopic (exact) mass is 245 g/mol. The molecule has 0 aromatic heterocycles. The van der Waals surface area contributed by atoms with Crippen molar-refractivity contribution in [3.63, 3.8) is 0 Å². The Balaban J connectivity index is 2.25. The van der Waals surface area contributed by atoms with Gasteiger partial charge in [0.2, 0.25) is 5.91 Å². The third-order valence-corrected chi connectivity index (χ3v) is 3.81. The van der Waals surface area contributed by atoms with E-state index in [0.29, 0.717) is 19.4 Å². The van der Waals surface area contributed by atoms with Gasteiger partial charge in [0.05, 0.1) is 5.41 Å². The third kappa shape index (κ3) is 3.40. The Kier molecular flexibility index (Phi) is 5.12. The Morgan fingerprint density at radius 3 is 2.56 bits per heavy atom. The molecular formula is C11H19NO3S. The van der Waals surface area contributed by atoms with E-state index >= 15 is 0 Å². The maximum absolute atomic E-state index is 11.5. The van der Waals surface area contributed by atoms with Gasteiger partial charge in [0.25, 0.3) is 0 Å². The molecule has 1 amide bonds. The van der Waals surface area contributed by atoms with E-state index < -0.39 is 11.4 Å². The van der Waals surface area contributed by atoms with E-state index in [1.165, 1.54) is 0 Å². The van der Waals surface area contributed by atoms with Crippen molar-refractivity contribution in [1.29, 1.82) is 0 Å². The van der Waals surface area contributed by atoms with E-state index in [-0.39, 0.29) is 12.3 Å². The molecule has 92 valence electrons. The topological polar surface area (TPSA) is 66.4 Å². The highest BCUT2D eigenvalue weighted by Crippen LogP contribution is 2.44. The van der Waals surface area contributed by atoms with Crippen LogP contribution in [0.1, 0.15) is 32.1 Å². The van der Waals surface area contributed by atoms with Crippen LogP contribution in [-0.4, -0.2) is 35.5 Å². The van der Waals surface area contributed by atoms with Gasteiger partial charge in [0.1, 0.15) is 0 Å². The summed E-state index contributed by atoms with van der Waals surface area (Å²) < 4.78 is 0. The van der Waals surface area contributed by atoms with Crippen LogP contribution in [0, 0.1) is 5.41 Å². The predicted molar refractivity (Wildman–Crippen MR) is 64.5 cm³/mol. The molecule has 0 radical (unpaired) electrons. The molecule has 1 saturated carbocycles. The summed E-state index contributed by atoms with van der Waals surface area (Å²) in [6, 6.07) is 0. The van der Waals surface area contributed by atoms with Gasteiger partial charge in [-0.05, 0) is 31.3 Å². The summed E-state index contributed by atoms with van der Waals surface area (Å²) in [5, 5.41) is 11.8. The molecule has 0 unspecified atom stereocenters. The maximum Gasteiger partial charge on any atom is 0.310 e. The van der Waals surface area contributed by atoms with E-state index in [1.807, 2.05) is 6.26 Å². The van der Waals surface area contributed by atoms with E-state index in [1.54, 1.807) is 11.8 Å². The summed E-state index contributed by atoms with van der Waals surface area (Å²) in [7, 11) is 0. The van der Waals surface area contributed by atoms with Crippen LogP contribution in [-0.2, 0) is 9.59 Å². The Morgan fingerprint density at radius 1 is 1.44 bits per heavy atom. The Labute approximate surface area is 100 Å². The van der Waals surface area contributed by atoms with Crippen molar-refractivity contribution in [3.05, 3.63) is 0 Å². The number of carboxylic acids is 1. The molecule has 0 spiro atoms. The van der Waals surface area contributed by atoms with Crippen molar-refractivity contribution in [2.75, 3.05) is 18.6 Å². The number of hydrogen-bond donors (Lipinski definition) is 2. The number of carboxylic acid groups (broad SMARTS) is 1. The molecule has 0 saturated heterocycles. The lowest BCUT2D eigenvalue weighted by Crippen LogP contribution is -2.42. The van der Waals surface area contributed by atoms with Gasteiger partial charge < -0.3 is 10.4 Å². The SMILES string of the molecule is CSCCCNC(=O)CC1(C(=O)O)CCC1. The molecule has 1 aliphatic rings. The summed E-state index contributed by atoms with van der Waals surface area (Å²) in [5.41, 5.74) is -0.760. The summed E-state index contributed by atoms with van der Waals surface area (Å²) in [5.74, 6) is 0.0749. The van der Waals surface area contributed by atoms with Gasteiger partial charge >= 0.3 is 5.97 Å². The summed E-state index contributed by atoms with van der Waals surface area (Å²) in [6.45, 7) is 0.648. The van der Waals surface area contributed by atoms with Crippen LogP contribution in [0.25, 0.3) is 0 Å². The van der Waals surface area contributed by atoms with Gasteiger partial charge in [0.15, 0.2) is 0 Å². The number of amides is 1. The minimum absolute atomic E-state index is 0.122. The first-order valence-electron chi connectivity index (χ1n) is 5.60. The first-order chi connectivity index (χ1) is 7.60. The third-order valence-electron chi connectivity index (χ3n) is 3.11. The molecule has 0 aliphatic heterocycles. The van der Waals surface area contributed by atoms with Gasteiger partial charge in [-0.15, -0.1) is 0 Å². The molecule has 0 aromatic carbocycles. The van der Waals surface area contributed by atoms with E-state index in [0.717, 1.165) is 18.6 Å². The fourth-order valence-corrected chi connectivity index (χ4v) is 2.32. The zero-order chi connectivity index (χ0) is 12.0. The molecule has 5 heteroatoms. The normalized spacial score (nSPS) is 17.6. The van der Waals surface area contributed by atoms with Crippen LogP contribution in [0.2, 0.25) is 0 Å². The first-order valence-corrected chi connectivity index (χ1v) is 6.99. The number of carbonyl (C=O) groups is 2. The standard InChI is InChI=1S/C11H19NO3S/c1-16-7-3-6-12-9(13)8-11(10(14)15)4-2-5-11/h2-8H2,1H3,(H,12,13)(H,14,15). The van der Waals surface area contributed by atoms with Gasteiger partial charge in [-0.1, -0.05) is 6.42 Å². The number of carbonyl (C=O) groups excluding carboxylic acids is 1. The minimum atomic E-state index is -0.821. The van der Waals surface area contributed by atoms with Crippen molar-refractivity contribution >= 4 is 23.6 Å². The number of rotatable bonds is 7. The van der Waals surface area contributed by atoms with Crippen LogP contribution < -0.4 is 5.32 Å². The van der Waals surface area contributed by atoms with Gasteiger partial charge in [0, 0.05) is 13.0 Å². The molecule has 0 aromatic rings. The number of hydrogen-bond acceptors (Lipinski definition) is 3. The zero-order valence-electron chi connectivity index (χ0n) is 9.62. The molecule has 0 bridgehead atoms. The minimum Gasteiger partial charge on any atom is -0.481 e. The smallest absolute Gasteiger partial charge is 0.310 e. The molecule has 2 N–H and O–H groups in total. The summed E-state index contributed by atoms with van der Waals surface area (Å²) in [6.07, 6.45) is 5.30. The highest BCUT2D eigenvalue weighted by Gasteiger charge is 2.45. The molecule has 0 atom stereocenters. The fraction of sp³-hybridized carbons (Fsp3) is 0.818. The largest absolute Gasteiger partial charge is 0.481 e. The molecule has 1 aliphatic carbocycles.